The molecule has 0 aliphatic heterocycles. The van der Waals surface area contributed by atoms with Crippen LogP contribution in [-0.2, 0) is 10.0 Å². The summed E-state index contributed by atoms with van der Waals surface area (Å²) < 4.78 is 33.7. The van der Waals surface area contributed by atoms with Gasteiger partial charge in [-0.3, -0.25) is 10.1 Å². The van der Waals surface area contributed by atoms with Crippen molar-refractivity contribution in [2.45, 2.75) is 10.8 Å². The number of nitrogens with zero attached hydrogens (tertiary/aromatic N) is 1. The summed E-state index contributed by atoms with van der Waals surface area (Å²) in [6.07, 6.45) is 1.89. The smallest absolute Gasteiger partial charge is 0.269 e. The number of nitrogens with one attached hydrogen (secondary N) is 2. The van der Waals surface area contributed by atoms with Gasteiger partial charge in [0.1, 0.15) is 5.75 Å². The van der Waals surface area contributed by atoms with Crippen LogP contribution in [0.1, 0.15) is 17.0 Å². The van der Waals surface area contributed by atoms with E-state index in [1.807, 2.05) is 54.7 Å². The molecule has 4 aromatic rings. The van der Waals surface area contributed by atoms with Gasteiger partial charge in [-0.05, 0) is 41.5 Å². The summed E-state index contributed by atoms with van der Waals surface area (Å²) >= 11 is 0. The Kier molecular flexibility index (Phi) is 5.93. The minimum atomic E-state index is -3.87. The maximum absolute atomic E-state index is 12.9. The van der Waals surface area contributed by atoms with Crippen molar-refractivity contribution >= 4 is 26.6 Å². The average Bonchev–Trinajstić information content (AvgIpc) is 3.23. The standard InChI is InChI=1S/C23H21N3O5S/c1-31-18-10-6-16(7-11-18)21(22-14-24-23-5-3-2-4-20(22)23)15-25-32(29,30)19-12-8-17(9-13-19)26(27)28/h2-14,21,24-25H,15H2,1H3/t21-/m1/s1. The van der Waals surface area contributed by atoms with Crippen molar-refractivity contribution in [3.8, 4) is 5.75 Å². The Morgan fingerprint density at radius 1 is 1.03 bits per heavy atom. The number of aromatic nitrogens is 1. The van der Waals surface area contributed by atoms with Crippen LogP contribution >= 0.6 is 0 Å². The van der Waals surface area contributed by atoms with Crippen LogP contribution in [0.25, 0.3) is 10.9 Å². The third-order valence-corrected chi connectivity index (χ3v) is 6.79. The van der Waals surface area contributed by atoms with Gasteiger partial charge in [-0.1, -0.05) is 30.3 Å². The zero-order valence-corrected chi connectivity index (χ0v) is 18.0. The quantitative estimate of drug-likeness (QED) is 0.308. The van der Waals surface area contributed by atoms with Crippen molar-refractivity contribution in [2.75, 3.05) is 13.7 Å². The number of nitro groups is 1. The SMILES string of the molecule is COc1ccc([C@@H](CNS(=O)(=O)c2ccc([N+](=O)[O-])cc2)c2c[nH]c3ccccc23)cc1. The van der Waals surface area contributed by atoms with E-state index in [2.05, 4.69) is 9.71 Å². The van der Waals surface area contributed by atoms with E-state index >= 15 is 0 Å². The molecular formula is C23H21N3O5S. The number of para-hydroxylation sites is 1. The van der Waals surface area contributed by atoms with Crippen LogP contribution in [0.3, 0.4) is 0 Å². The molecule has 0 radical (unpaired) electrons. The van der Waals surface area contributed by atoms with Crippen molar-refractivity contribution in [2.24, 2.45) is 0 Å². The second-order valence-electron chi connectivity index (χ2n) is 7.22. The van der Waals surface area contributed by atoms with Gasteiger partial charge in [-0.25, -0.2) is 13.1 Å². The number of rotatable bonds is 8. The Morgan fingerprint density at radius 2 is 1.72 bits per heavy atom. The molecular weight excluding hydrogens is 430 g/mol. The van der Waals surface area contributed by atoms with Crippen molar-refractivity contribution in [1.29, 1.82) is 0 Å². The van der Waals surface area contributed by atoms with Crippen molar-refractivity contribution < 1.29 is 18.1 Å². The van der Waals surface area contributed by atoms with Gasteiger partial charge in [0, 0.05) is 41.7 Å². The number of ether oxygens (including phenoxy) is 1. The van der Waals surface area contributed by atoms with Crippen LogP contribution in [-0.4, -0.2) is 32.0 Å². The normalized spacial score (nSPS) is 12.5. The number of sulfonamides is 1. The first-order valence-corrected chi connectivity index (χ1v) is 11.3. The largest absolute Gasteiger partial charge is 0.497 e. The highest BCUT2D eigenvalue weighted by Crippen LogP contribution is 2.32. The molecule has 0 bridgehead atoms. The molecule has 8 nitrogen and oxygen atoms in total. The highest BCUT2D eigenvalue weighted by Gasteiger charge is 2.22. The van der Waals surface area contributed by atoms with E-state index in [9.17, 15) is 18.5 Å². The summed E-state index contributed by atoms with van der Waals surface area (Å²) in [6.45, 7) is 0.105. The third-order valence-electron chi connectivity index (χ3n) is 5.35. The summed E-state index contributed by atoms with van der Waals surface area (Å²) in [5.74, 6) is 0.433. The van der Waals surface area contributed by atoms with Crippen LogP contribution in [0, 0.1) is 10.1 Å². The fraction of sp³-hybridized carbons (Fsp3) is 0.130. The van der Waals surface area contributed by atoms with Crippen LogP contribution in [0.15, 0.2) is 83.9 Å². The van der Waals surface area contributed by atoms with E-state index in [0.29, 0.717) is 5.75 Å². The molecule has 164 valence electrons. The molecule has 1 atom stereocenters. The Hall–Kier alpha value is -3.69. The van der Waals surface area contributed by atoms with Gasteiger partial charge in [0.25, 0.3) is 5.69 Å². The molecule has 4 rings (SSSR count). The summed E-state index contributed by atoms with van der Waals surface area (Å²) in [5, 5.41) is 11.8. The minimum Gasteiger partial charge on any atom is -0.497 e. The number of hydrogen-bond acceptors (Lipinski definition) is 5. The number of H-pyrrole nitrogens is 1. The summed E-state index contributed by atoms with van der Waals surface area (Å²) in [6, 6.07) is 20.1. The van der Waals surface area contributed by atoms with E-state index in [1.165, 1.54) is 24.3 Å². The predicted molar refractivity (Wildman–Crippen MR) is 121 cm³/mol. The van der Waals surface area contributed by atoms with Crippen LogP contribution in [0.4, 0.5) is 5.69 Å². The molecule has 0 unspecified atom stereocenters. The summed E-state index contributed by atoms with van der Waals surface area (Å²) in [5.41, 5.74) is 2.66. The van der Waals surface area contributed by atoms with Gasteiger partial charge < -0.3 is 9.72 Å². The zero-order chi connectivity index (χ0) is 22.7. The average molecular weight is 452 g/mol. The lowest BCUT2D eigenvalue weighted by Crippen LogP contribution is -2.29. The Labute approximate surface area is 185 Å². The lowest BCUT2D eigenvalue weighted by molar-refractivity contribution is -0.384. The maximum atomic E-state index is 12.9. The van der Waals surface area contributed by atoms with E-state index in [1.54, 1.807) is 7.11 Å². The topological polar surface area (TPSA) is 114 Å². The van der Waals surface area contributed by atoms with Crippen molar-refractivity contribution in [3.63, 3.8) is 0 Å². The molecule has 0 amide bonds. The zero-order valence-electron chi connectivity index (χ0n) is 17.2. The fourth-order valence-electron chi connectivity index (χ4n) is 3.65. The number of aromatic amines is 1. The van der Waals surface area contributed by atoms with Gasteiger partial charge >= 0.3 is 0 Å². The van der Waals surface area contributed by atoms with Crippen molar-refractivity contribution in [3.05, 3.63) is 100 Å². The van der Waals surface area contributed by atoms with Gasteiger partial charge in [0.05, 0.1) is 16.9 Å². The molecule has 0 aliphatic carbocycles. The van der Waals surface area contributed by atoms with Gasteiger partial charge in [-0.2, -0.15) is 0 Å². The Bertz CT molecular complexity index is 1350. The van der Waals surface area contributed by atoms with Gasteiger partial charge in [0.2, 0.25) is 10.0 Å². The number of benzene rings is 3. The first kappa shape index (κ1) is 21.5. The first-order chi connectivity index (χ1) is 15.4. The Balaban J connectivity index is 1.66. The molecule has 0 fully saturated rings. The summed E-state index contributed by atoms with van der Waals surface area (Å²) in [7, 11) is -2.28. The molecule has 9 heteroatoms. The Morgan fingerprint density at radius 3 is 2.38 bits per heavy atom. The molecule has 32 heavy (non-hydrogen) atoms. The van der Waals surface area contributed by atoms with Crippen LogP contribution < -0.4 is 9.46 Å². The first-order valence-electron chi connectivity index (χ1n) is 9.83. The minimum absolute atomic E-state index is 0.0319. The number of fused-ring (bicyclic) bond motifs is 1. The van der Waals surface area contributed by atoms with Crippen molar-refractivity contribution in [1.82, 2.24) is 9.71 Å². The second-order valence-corrected chi connectivity index (χ2v) is 8.99. The second kappa shape index (κ2) is 8.81. The lowest BCUT2D eigenvalue weighted by atomic mass is 9.91. The monoisotopic (exact) mass is 451 g/mol. The number of methoxy groups -OCH3 is 1. The van der Waals surface area contributed by atoms with Gasteiger partial charge in [0.15, 0.2) is 0 Å². The van der Waals surface area contributed by atoms with E-state index < -0.39 is 14.9 Å². The number of non-ortho nitro benzene ring substituents is 1. The molecule has 3 aromatic carbocycles. The highest BCUT2D eigenvalue weighted by atomic mass is 32.2. The lowest BCUT2D eigenvalue weighted by Gasteiger charge is -2.19. The van der Waals surface area contributed by atoms with Crippen LogP contribution in [0.5, 0.6) is 5.75 Å². The van der Waals surface area contributed by atoms with Crippen LogP contribution in [0.2, 0.25) is 0 Å². The molecule has 0 spiro atoms. The van der Waals surface area contributed by atoms with Gasteiger partial charge in [-0.15, -0.1) is 0 Å². The molecule has 1 heterocycles. The molecule has 0 saturated heterocycles. The predicted octanol–water partition coefficient (Wildman–Crippen LogP) is 4.20. The number of hydrogen-bond donors (Lipinski definition) is 2. The molecule has 2 N–H and O–H groups in total. The molecule has 0 aliphatic rings. The van der Waals surface area contributed by atoms with E-state index in [-0.39, 0.29) is 23.0 Å². The third kappa shape index (κ3) is 4.34. The highest BCUT2D eigenvalue weighted by molar-refractivity contribution is 7.89. The summed E-state index contributed by atoms with van der Waals surface area (Å²) in [4.78, 5) is 13.5. The van der Waals surface area contributed by atoms with E-state index in [4.69, 9.17) is 4.74 Å². The molecule has 1 aromatic heterocycles. The maximum Gasteiger partial charge on any atom is 0.269 e. The van der Waals surface area contributed by atoms with E-state index in [0.717, 1.165) is 22.0 Å². The fourth-order valence-corrected chi connectivity index (χ4v) is 4.70. The number of nitro benzene ring substituents is 1. The molecule has 0 saturated carbocycles.